The standard InChI is InChI=1S/C27H23FN4O2/c1-3-18-12-14-22(15-13-18)32-17(2)23(24(29-27(32)33)19-8-5-4-6-9-19)26-30-25(31-34-26)20-10-7-11-21(28)16-20/h4-16,24H,3H2,1-2H3,(H,29,33). The Morgan fingerprint density at radius 3 is 2.50 bits per heavy atom. The van der Waals surface area contributed by atoms with E-state index < -0.39 is 6.04 Å². The molecule has 0 fully saturated rings. The number of nitrogens with one attached hydrogen (secondary N) is 1. The largest absolute Gasteiger partial charge is 0.334 e. The lowest BCUT2D eigenvalue weighted by Gasteiger charge is -2.35. The van der Waals surface area contributed by atoms with Gasteiger partial charge in [-0.3, -0.25) is 4.90 Å². The minimum absolute atomic E-state index is 0.246. The molecule has 1 atom stereocenters. The van der Waals surface area contributed by atoms with Gasteiger partial charge in [0.25, 0.3) is 5.89 Å². The molecule has 1 unspecified atom stereocenters. The summed E-state index contributed by atoms with van der Waals surface area (Å²) in [6.07, 6.45) is 0.910. The molecule has 4 aromatic rings. The summed E-state index contributed by atoms with van der Waals surface area (Å²) in [5.41, 5.74) is 4.67. The van der Waals surface area contributed by atoms with E-state index in [-0.39, 0.29) is 23.6 Å². The van der Waals surface area contributed by atoms with Crippen LogP contribution in [0.15, 0.2) is 89.1 Å². The Morgan fingerprint density at radius 1 is 1.03 bits per heavy atom. The summed E-state index contributed by atoms with van der Waals surface area (Å²) in [6.45, 7) is 3.95. The molecular weight excluding hydrogens is 431 g/mol. The van der Waals surface area contributed by atoms with Gasteiger partial charge in [-0.15, -0.1) is 0 Å². The summed E-state index contributed by atoms with van der Waals surface area (Å²) in [5, 5.41) is 7.17. The quantitative estimate of drug-likeness (QED) is 0.393. The minimum atomic E-state index is -0.485. The van der Waals surface area contributed by atoms with Crippen molar-refractivity contribution in [1.29, 1.82) is 0 Å². The fraction of sp³-hybridized carbons (Fsp3) is 0.148. The van der Waals surface area contributed by atoms with Crippen molar-refractivity contribution in [3.8, 4) is 11.4 Å². The zero-order valence-corrected chi connectivity index (χ0v) is 18.8. The summed E-state index contributed by atoms with van der Waals surface area (Å²) >= 11 is 0. The van der Waals surface area contributed by atoms with Crippen LogP contribution in [0.5, 0.6) is 0 Å². The van der Waals surface area contributed by atoms with E-state index in [1.54, 1.807) is 17.0 Å². The second-order valence-corrected chi connectivity index (χ2v) is 8.08. The average molecular weight is 455 g/mol. The third-order valence-electron chi connectivity index (χ3n) is 5.96. The number of nitrogens with zero attached hydrogens (tertiary/aromatic N) is 3. The first kappa shape index (κ1) is 21.6. The average Bonchev–Trinajstić information content (AvgIpc) is 3.34. The van der Waals surface area contributed by atoms with Gasteiger partial charge < -0.3 is 9.84 Å². The number of carbonyl (C=O) groups excluding carboxylic acids is 1. The maximum atomic E-state index is 13.7. The summed E-state index contributed by atoms with van der Waals surface area (Å²) in [7, 11) is 0. The highest BCUT2D eigenvalue weighted by atomic mass is 19.1. The predicted molar refractivity (Wildman–Crippen MR) is 128 cm³/mol. The van der Waals surface area contributed by atoms with Crippen molar-refractivity contribution in [3.05, 3.63) is 107 Å². The number of hydrogen-bond acceptors (Lipinski definition) is 4. The number of hydrogen-bond donors (Lipinski definition) is 1. The Hall–Kier alpha value is -4.26. The molecule has 3 aromatic carbocycles. The van der Waals surface area contributed by atoms with Crippen molar-refractivity contribution in [2.45, 2.75) is 26.3 Å². The van der Waals surface area contributed by atoms with E-state index in [4.69, 9.17) is 4.52 Å². The second kappa shape index (κ2) is 8.94. The van der Waals surface area contributed by atoms with E-state index in [0.29, 0.717) is 16.8 Å². The van der Waals surface area contributed by atoms with Gasteiger partial charge in [0, 0.05) is 11.3 Å². The topological polar surface area (TPSA) is 71.3 Å². The Labute approximate surface area is 196 Å². The number of amides is 2. The fourth-order valence-corrected chi connectivity index (χ4v) is 4.18. The zero-order valence-electron chi connectivity index (χ0n) is 18.8. The normalized spacial score (nSPS) is 16.0. The molecule has 0 radical (unpaired) electrons. The molecule has 34 heavy (non-hydrogen) atoms. The number of anilines is 1. The number of carbonyl (C=O) groups is 1. The zero-order chi connectivity index (χ0) is 23.7. The summed E-state index contributed by atoms with van der Waals surface area (Å²) in [6, 6.07) is 22.8. The van der Waals surface area contributed by atoms with Crippen molar-refractivity contribution in [1.82, 2.24) is 15.5 Å². The van der Waals surface area contributed by atoms with E-state index in [2.05, 4.69) is 22.4 Å². The van der Waals surface area contributed by atoms with Crippen LogP contribution in [0, 0.1) is 5.82 Å². The van der Waals surface area contributed by atoms with Gasteiger partial charge in [0.1, 0.15) is 5.82 Å². The van der Waals surface area contributed by atoms with E-state index in [1.165, 1.54) is 17.7 Å². The molecule has 1 aromatic heterocycles. The van der Waals surface area contributed by atoms with Gasteiger partial charge in [0.15, 0.2) is 0 Å². The molecule has 2 heterocycles. The molecule has 2 amide bonds. The lowest BCUT2D eigenvalue weighted by molar-refractivity contribution is 0.244. The van der Waals surface area contributed by atoms with Crippen molar-refractivity contribution in [3.63, 3.8) is 0 Å². The highest BCUT2D eigenvalue weighted by Crippen LogP contribution is 2.39. The monoisotopic (exact) mass is 454 g/mol. The van der Waals surface area contributed by atoms with Crippen LogP contribution in [0.3, 0.4) is 0 Å². The number of urea groups is 1. The van der Waals surface area contributed by atoms with Gasteiger partial charge in [-0.1, -0.05) is 66.7 Å². The van der Waals surface area contributed by atoms with Crippen molar-refractivity contribution in [2.24, 2.45) is 0 Å². The molecule has 1 N–H and O–H groups in total. The van der Waals surface area contributed by atoms with Crippen molar-refractivity contribution >= 4 is 17.3 Å². The highest BCUT2D eigenvalue weighted by molar-refractivity contribution is 6.01. The predicted octanol–water partition coefficient (Wildman–Crippen LogP) is 6.14. The summed E-state index contributed by atoms with van der Waals surface area (Å²) < 4.78 is 19.4. The first-order valence-electron chi connectivity index (χ1n) is 11.1. The second-order valence-electron chi connectivity index (χ2n) is 8.08. The fourth-order valence-electron chi connectivity index (χ4n) is 4.18. The van der Waals surface area contributed by atoms with E-state index >= 15 is 0 Å². The molecule has 0 saturated carbocycles. The number of aryl methyl sites for hydroxylation is 1. The van der Waals surface area contributed by atoms with Crippen LogP contribution >= 0.6 is 0 Å². The van der Waals surface area contributed by atoms with Crippen LogP contribution in [0.4, 0.5) is 14.9 Å². The first-order valence-corrected chi connectivity index (χ1v) is 11.1. The Kier molecular flexibility index (Phi) is 5.67. The summed E-state index contributed by atoms with van der Waals surface area (Å²) in [5.74, 6) is 0.159. The molecular formula is C27H23FN4O2. The Bertz CT molecular complexity index is 1360. The molecule has 1 aliphatic heterocycles. The van der Waals surface area contributed by atoms with Crippen LogP contribution in [0.1, 0.15) is 36.9 Å². The molecule has 0 spiro atoms. The third-order valence-corrected chi connectivity index (χ3v) is 5.96. The maximum Gasteiger partial charge on any atom is 0.326 e. The third kappa shape index (κ3) is 3.96. The molecule has 5 rings (SSSR count). The van der Waals surface area contributed by atoms with E-state index in [0.717, 1.165) is 17.7 Å². The lowest BCUT2D eigenvalue weighted by Crippen LogP contribution is -2.46. The van der Waals surface area contributed by atoms with E-state index in [1.807, 2.05) is 61.5 Å². The van der Waals surface area contributed by atoms with E-state index in [9.17, 15) is 9.18 Å². The van der Waals surface area contributed by atoms with Crippen LogP contribution < -0.4 is 10.2 Å². The Morgan fingerprint density at radius 2 is 1.79 bits per heavy atom. The van der Waals surface area contributed by atoms with Gasteiger partial charge in [-0.05, 0) is 48.7 Å². The Balaban J connectivity index is 1.64. The lowest BCUT2D eigenvalue weighted by atomic mass is 9.94. The van der Waals surface area contributed by atoms with Crippen LogP contribution in [0.2, 0.25) is 0 Å². The number of allylic oxidation sites excluding steroid dienone is 1. The molecule has 1 aliphatic rings. The molecule has 7 heteroatoms. The van der Waals surface area contributed by atoms with Crippen LogP contribution in [-0.2, 0) is 6.42 Å². The number of benzene rings is 3. The van der Waals surface area contributed by atoms with Crippen LogP contribution in [-0.4, -0.2) is 16.2 Å². The van der Waals surface area contributed by atoms with Gasteiger partial charge in [0.05, 0.1) is 17.3 Å². The number of aromatic nitrogens is 2. The molecule has 0 aliphatic carbocycles. The van der Waals surface area contributed by atoms with Crippen LogP contribution in [0.25, 0.3) is 17.0 Å². The summed E-state index contributed by atoms with van der Waals surface area (Å²) in [4.78, 5) is 19.4. The van der Waals surface area contributed by atoms with Crippen molar-refractivity contribution < 1.29 is 13.7 Å². The maximum absolute atomic E-state index is 13.7. The molecule has 6 nitrogen and oxygen atoms in total. The molecule has 0 saturated heterocycles. The van der Waals surface area contributed by atoms with Crippen molar-refractivity contribution in [2.75, 3.05) is 4.90 Å². The minimum Gasteiger partial charge on any atom is -0.334 e. The van der Waals surface area contributed by atoms with Gasteiger partial charge in [-0.2, -0.15) is 4.98 Å². The number of halogens is 1. The first-order chi connectivity index (χ1) is 16.5. The SMILES string of the molecule is CCc1ccc(N2C(=O)NC(c3ccccc3)C(c3nc(-c4cccc(F)c4)no3)=C2C)cc1. The molecule has 170 valence electrons. The van der Waals surface area contributed by atoms with Gasteiger partial charge in [-0.25, -0.2) is 9.18 Å². The smallest absolute Gasteiger partial charge is 0.326 e. The highest BCUT2D eigenvalue weighted by Gasteiger charge is 2.36. The molecule has 0 bridgehead atoms. The van der Waals surface area contributed by atoms with Gasteiger partial charge >= 0.3 is 6.03 Å². The number of rotatable bonds is 5. The van der Waals surface area contributed by atoms with Gasteiger partial charge in [0.2, 0.25) is 5.82 Å².